The number of aromatic nitrogens is 2. The molecule has 1 aliphatic heterocycles. The summed E-state index contributed by atoms with van der Waals surface area (Å²) in [5.41, 5.74) is 0.220. The molecule has 9 nitrogen and oxygen atoms in total. The van der Waals surface area contributed by atoms with Crippen LogP contribution in [-0.4, -0.2) is 81.2 Å². The lowest BCUT2D eigenvalue weighted by molar-refractivity contribution is -0.148. The van der Waals surface area contributed by atoms with Gasteiger partial charge in [-0.05, 0) is 72.0 Å². The van der Waals surface area contributed by atoms with Crippen LogP contribution >= 0.6 is 0 Å². The van der Waals surface area contributed by atoms with Crippen molar-refractivity contribution in [2.45, 2.75) is 90.3 Å². The van der Waals surface area contributed by atoms with E-state index in [1.807, 2.05) is 25.7 Å². The van der Waals surface area contributed by atoms with Crippen molar-refractivity contribution in [2.24, 2.45) is 18.4 Å². The van der Waals surface area contributed by atoms with Gasteiger partial charge in [0.1, 0.15) is 11.7 Å². The van der Waals surface area contributed by atoms with E-state index in [9.17, 15) is 19.5 Å². The second-order valence-corrected chi connectivity index (χ2v) is 12.3. The molecule has 0 aromatic carbocycles. The fourth-order valence-corrected chi connectivity index (χ4v) is 5.51. The zero-order valence-corrected chi connectivity index (χ0v) is 22.6. The molecule has 1 aliphatic carbocycles. The molecule has 35 heavy (non-hydrogen) atoms. The molecular formula is C26H43N5O4. The minimum atomic E-state index is -0.863. The predicted octanol–water partition coefficient (Wildman–Crippen LogP) is 2.65. The number of aliphatic carboxylic acids is 1. The first-order valence-electron chi connectivity index (χ1n) is 12.7. The summed E-state index contributed by atoms with van der Waals surface area (Å²) < 4.78 is 1.57. The number of aryl methyl sites for hydroxylation is 1. The Balaban J connectivity index is 1.74. The maximum absolute atomic E-state index is 13.4. The van der Waals surface area contributed by atoms with E-state index in [4.69, 9.17) is 0 Å². The van der Waals surface area contributed by atoms with Crippen LogP contribution in [0.15, 0.2) is 6.07 Å². The number of rotatable bonds is 7. The number of nitrogens with zero attached hydrogens (tertiary/aromatic N) is 4. The fourth-order valence-electron chi connectivity index (χ4n) is 5.51. The van der Waals surface area contributed by atoms with Gasteiger partial charge in [0.25, 0.3) is 5.91 Å². The molecule has 1 saturated heterocycles. The van der Waals surface area contributed by atoms with E-state index in [-0.39, 0.29) is 29.2 Å². The third-order valence-corrected chi connectivity index (χ3v) is 7.82. The number of carboxylic acid groups (broad SMARTS) is 1. The Kier molecular flexibility index (Phi) is 7.70. The lowest BCUT2D eigenvalue weighted by Gasteiger charge is -2.44. The highest BCUT2D eigenvalue weighted by molar-refractivity contribution is 5.97. The second kappa shape index (κ2) is 9.91. The number of nitrogens with one attached hydrogen (secondary N) is 1. The topological polar surface area (TPSA) is 108 Å². The van der Waals surface area contributed by atoms with Gasteiger partial charge in [-0.1, -0.05) is 20.8 Å². The summed E-state index contributed by atoms with van der Waals surface area (Å²) in [4.78, 5) is 42.4. The summed E-state index contributed by atoms with van der Waals surface area (Å²) in [5, 5.41) is 17.1. The van der Waals surface area contributed by atoms with Gasteiger partial charge in [-0.25, -0.2) is 0 Å². The lowest BCUT2D eigenvalue weighted by Crippen LogP contribution is -2.51. The maximum Gasteiger partial charge on any atom is 0.309 e. The highest BCUT2D eigenvalue weighted by Gasteiger charge is 2.45. The predicted molar refractivity (Wildman–Crippen MR) is 134 cm³/mol. The first kappa shape index (κ1) is 27.2. The minimum absolute atomic E-state index is 0.0107. The van der Waals surface area contributed by atoms with E-state index in [2.05, 4.69) is 29.4 Å². The van der Waals surface area contributed by atoms with Crippen molar-refractivity contribution in [3.05, 3.63) is 17.5 Å². The first-order chi connectivity index (χ1) is 16.1. The van der Waals surface area contributed by atoms with E-state index >= 15 is 0 Å². The highest BCUT2D eigenvalue weighted by Crippen LogP contribution is 2.39. The molecule has 1 aromatic heterocycles. The zero-order valence-electron chi connectivity index (χ0n) is 22.6. The summed E-state index contributed by atoms with van der Waals surface area (Å²) >= 11 is 0. The molecule has 2 N–H and O–H groups in total. The summed E-state index contributed by atoms with van der Waals surface area (Å²) in [5.74, 6) is -1.09. The van der Waals surface area contributed by atoms with Crippen LogP contribution in [0, 0.1) is 11.3 Å². The first-order valence-corrected chi connectivity index (χ1v) is 12.7. The molecule has 4 atom stereocenters. The van der Waals surface area contributed by atoms with Gasteiger partial charge in [-0.3, -0.25) is 19.1 Å². The standard InChI is InChI=1S/C26H43N5O4/c1-25(2,3)21-14-20(30(8)28-21)22(32)27-18-11-12-31(23(18)33)19-10-9-17(29(6)7)13-16(19)15-26(4,5)24(34)35/h14,16-19H,9-13,15H2,1-8H3,(H,27,32)(H,34,35)/t16-,17+,18?,19-/m0/s1. The number of amides is 2. The molecule has 1 saturated carbocycles. The van der Waals surface area contributed by atoms with Crippen molar-refractivity contribution in [1.29, 1.82) is 0 Å². The van der Waals surface area contributed by atoms with Crippen molar-refractivity contribution < 1.29 is 19.5 Å². The van der Waals surface area contributed by atoms with Crippen molar-refractivity contribution in [3.8, 4) is 0 Å². The van der Waals surface area contributed by atoms with Crippen LogP contribution in [0.2, 0.25) is 0 Å². The molecule has 1 unspecified atom stereocenters. The number of carbonyl (C=O) groups is 3. The van der Waals surface area contributed by atoms with Crippen LogP contribution in [0.25, 0.3) is 0 Å². The fraction of sp³-hybridized carbons (Fsp3) is 0.769. The molecule has 0 spiro atoms. The minimum Gasteiger partial charge on any atom is -0.481 e. The largest absolute Gasteiger partial charge is 0.481 e. The summed E-state index contributed by atoms with van der Waals surface area (Å²) in [6.07, 6.45) is 3.74. The molecule has 196 valence electrons. The second-order valence-electron chi connectivity index (χ2n) is 12.3. The SMILES string of the molecule is CN(C)[C@@H]1CC[C@H](N2CCC(NC(=O)c3cc(C(C)(C)C)nn3C)C2=O)[C@H](CC(C)(C)C(=O)O)C1. The summed E-state index contributed by atoms with van der Waals surface area (Å²) in [6, 6.07) is 1.58. The summed E-state index contributed by atoms with van der Waals surface area (Å²) in [6.45, 7) is 10.2. The van der Waals surface area contributed by atoms with Crippen molar-refractivity contribution >= 4 is 17.8 Å². The van der Waals surface area contributed by atoms with Gasteiger partial charge in [0.05, 0.1) is 11.1 Å². The molecule has 3 rings (SSSR count). The average molecular weight is 490 g/mol. The normalized spacial score (nSPS) is 25.9. The quantitative estimate of drug-likeness (QED) is 0.610. The Hall–Kier alpha value is -2.42. The molecular weight excluding hydrogens is 446 g/mol. The summed E-state index contributed by atoms with van der Waals surface area (Å²) in [7, 11) is 5.85. The number of likely N-dealkylation sites (tertiary alicyclic amines) is 1. The third-order valence-electron chi connectivity index (χ3n) is 7.82. The Morgan fingerprint density at radius 2 is 1.83 bits per heavy atom. The third kappa shape index (κ3) is 5.88. The monoisotopic (exact) mass is 489 g/mol. The highest BCUT2D eigenvalue weighted by atomic mass is 16.4. The van der Waals surface area contributed by atoms with Crippen molar-refractivity contribution in [1.82, 2.24) is 24.9 Å². The van der Waals surface area contributed by atoms with E-state index < -0.39 is 17.4 Å². The van der Waals surface area contributed by atoms with Crippen LogP contribution < -0.4 is 5.32 Å². The van der Waals surface area contributed by atoms with E-state index in [1.54, 1.807) is 31.6 Å². The Labute approximate surface area is 209 Å². The van der Waals surface area contributed by atoms with Crippen molar-refractivity contribution in [2.75, 3.05) is 20.6 Å². The van der Waals surface area contributed by atoms with Gasteiger partial charge in [0.15, 0.2) is 0 Å². The van der Waals surface area contributed by atoms with E-state index in [0.29, 0.717) is 31.1 Å². The number of carboxylic acids is 1. The van der Waals surface area contributed by atoms with Crippen LogP contribution in [0.5, 0.6) is 0 Å². The van der Waals surface area contributed by atoms with Crippen molar-refractivity contribution in [3.63, 3.8) is 0 Å². The molecule has 1 aromatic rings. The van der Waals surface area contributed by atoms with E-state index in [1.165, 1.54) is 0 Å². The van der Waals surface area contributed by atoms with Gasteiger partial charge < -0.3 is 20.2 Å². The molecule has 0 radical (unpaired) electrons. The maximum atomic E-state index is 13.4. The molecule has 2 amide bonds. The van der Waals surface area contributed by atoms with Crippen LogP contribution in [0.1, 0.15) is 82.9 Å². The van der Waals surface area contributed by atoms with Crippen LogP contribution in [0.4, 0.5) is 0 Å². The van der Waals surface area contributed by atoms with Crippen LogP contribution in [0.3, 0.4) is 0 Å². The van der Waals surface area contributed by atoms with E-state index in [0.717, 1.165) is 25.0 Å². The zero-order chi connectivity index (χ0) is 26.3. The lowest BCUT2D eigenvalue weighted by atomic mass is 9.72. The molecule has 0 bridgehead atoms. The molecule has 9 heteroatoms. The van der Waals surface area contributed by atoms with Gasteiger partial charge >= 0.3 is 5.97 Å². The molecule has 2 heterocycles. The number of hydrogen-bond acceptors (Lipinski definition) is 5. The Bertz CT molecular complexity index is 961. The van der Waals surface area contributed by atoms with Crippen LogP contribution in [-0.2, 0) is 22.1 Å². The van der Waals surface area contributed by atoms with Gasteiger partial charge in [-0.2, -0.15) is 5.10 Å². The molecule has 2 fully saturated rings. The van der Waals surface area contributed by atoms with Gasteiger partial charge in [0.2, 0.25) is 5.91 Å². The number of carbonyl (C=O) groups excluding carboxylic acids is 2. The number of hydrogen-bond donors (Lipinski definition) is 2. The van der Waals surface area contributed by atoms with Gasteiger partial charge in [0, 0.05) is 31.1 Å². The molecule has 2 aliphatic rings. The Morgan fingerprint density at radius 3 is 2.37 bits per heavy atom. The smallest absolute Gasteiger partial charge is 0.309 e. The van der Waals surface area contributed by atoms with Gasteiger partial charge in [-0.15, -0.1) is 0 Å². The Morgan fingerprint density at radius 1 is 1.17 bits per heavy atom. The average Bonchev–Trinajstić information content (AvgIpc) is 3.30.